The summed E-state index contributed by atoms with van der Waals surface area (Å²) < 4.78 is 0. The van der Waals surface area contributed by atoms with Crippen molar-refractivity contribution in [3.8, 4) is 0 Å². The molecule has 3 aliphatic carbocycles. The van der Waals surface area contributed by atoms with Crippen molar-refractivity contribution >= 4 is 0 Å². The molecule has 3 aliphatic rings. The molecule has 0 aromatic carbocycles. The minimum Gasteiger partial charge on any atom is -0.314 e. The molecule has 0 bridgehead atoms. The first-order valence-corrected chi connectivity index (χ1v) is 8.10. The van der Waals surface area contributed by atoms with Gasteiger partial charge in [0.1, 0.15) is 0 Å². The van der Waals surface area contributed by atoms with Gasteiger partial charge in [-0.25, -0.2) is 0 Å². The van der Waals surface area contributed by atoms with Crippen LogP contribution in [0.1, 0.15) is 64.7 Å². The molecule has 3 fully saturated rings. The van der Waals surface area contributed by atoms with E-state index in [0.717, 1.165) is 29.7 Å². The fraction of sp³-hybridized carbons (Fsp3) is 1.00. The van der Waals surface area contributed by atoms with Crippen molar-refractivity contribution in [3.63, 3.8) is 0 Å². The maximum Gasteiger partial charge on any atom is 0.00683 e. The zero-order chi connectivity index (χ0) is 11.7. The van der Waals surface area contributed by atoms with Crippen molar-refractivity contribution in [1.29, 1.82) is 0 Å². The molecule has 0 aromatic rings. The van der Waals surface area contributed by atoms with Gasteiger partial charge in [-0.3, -0.25) is 0 Å². The van der Waals surface area contributed by atoms with Crippen LogP contribution in [-0.4, -0.2) is 12.6 Å². The van der Waals surface area contributed by atoms with E-state index in [0.29, 0.717) is 0 Å². The predicted octanol–water partition coefficient (Wildman–Crippen LogP) is 3.98. The van der Waals surface area contributed by atoms with E-state index in [1.165, 1.54) is 45.1 Å². The second-order valence-electron chi connectivity index (χ2n) is 6.91. The van der Waals surface area contributed by atoms with E-state index in [2.05, 4.69) is 12.2 Å². The SMILES string of the molecule is CCCC1CCC(CNC2CC2)C(C2CC2)C1. The average molecular weight is 235 g/mol. The molecule has 0 saturated heterocycles. The Morgan fingerprint density at radius 3 is 2.47 bits per heavy atom. The topological polar surface area (TPSA) is 12.0 Å². The van der Waals surface area contributed by atoms with E-state index in [-0.39, 0.29) is 0 Å². The van der Waals surface area contributed by atoms with E-state index in [9.17, 15) is 0 Å². The Labute approximate surface area is 107 Å². The largest absolute Gasteiger partial charge is 0.314 e. The summed E-state index contributed by atoms with van der Waals surface area (Å²) in [4.78, 5) is 0. The molecule has 3 unspecified atom stereocenters. The van der Waals surface area contributed by atoms with Crippen molar-refractivity contribution in [2.75, 3.05) is 6.54 Å². The van der Waals surface area contributed by atoms with E-state index in [1.807, 2.05) is 0 Å². The minimum absolute atomic E-state index is 0.906. The Hall–Kier alpha value is -0.0400. The molecule has 17 heavy (non-hydrogen) atoms. The molecule has 98 valence electrons. The zero-order valence-electron chi connectivity index (χ0n) is 11.5. The van der Waals surface area contributed by atoms with Gasteiger partial charge in [-0.2, -0.15) is 0 Å². The summed E-state index contributed by atoms with van der Waals surface area (Å²) in [6.45, 7) is 3.69. The molecule has 1 heteroatoms. The first-order chi connectivity index (χ1) is 8.36. The Kier molecular flexibility index (Phi) is 3.75. The highest BCUT2D eigenvalue weighted by molar-refractivity contribution is 4.92. The maximum atomic E-state index is 3.79. The van der Waals surface area contributed by atoms with Gasteiger partial charge in [0.2, 0.25) is 0 Å². The van der Waals surface area contributed by atoms with E-state index >= 15 is 0 Å². The van der Waals surface area contributed by atoms with Crippen molar-refractivity contribution in [2.45, 2.75) is 70.8 Å². The second kappa shape index (κ2) is 5.30. The summed E-state index contributed by atoms with van der Waals surface area (Å²) in [5.41, 5.74) is 0. The van der Waals surface area contributed by atoms with E-state index < -0.39 is 0 Å². The van der Waals surface area contributed by atoms with Gasteiger partial charge in [-0.15, -0.1) is 0 Å². The third-order valence-electron chi connectivity index (χ3n) is 5.33. The standard InChI is InChI=1S/C16H29N/c1-2-3-12-4-5-14(11-17-15-8-9-15)16(10-12)13-6-7-13/h12-17H,2-11H2,1H3. The number of hydrogen-bond donors (Lipinski definition) is 1. The van der Waals surface area contributed by atoms with Crippen molar-refractivity contribution in [3.05, 3.63) is 0 Å². The predicted molar refractivity (Wildman–Crippen MR) is 73.0 cm³/mol. The maximum absolute atomic E-state index is 3.79. The highest BCUT2D eigenvalue weighted by atomic mass is 14.9. The van der Waals surface area contributed by atoms with Crippen LogP contribution < -0.4 is 5.32 Å². The van der Waals surface area contributed by atoms with Crippen LogP contribution in [0.25, 0.3) is 0 Å². The van der Waals surface area contributed by atoms with Gasteiger partial charge in [0.25, 0.3) is 0 Å². The summed E-state index contributed by atoms with van der Waals surface area (Å²) in [5.74, 6) is 4.31. The molecule has 0 aromatic heterocycles. The lowest BCUT2D eigenvalue weighted by Crippen LogP contribution is -2.35. The van der Waals surface area contributed by atoms with Crippen LogP contribution in [0.4, 0.5) is 0 Å². The normalized spacial score (nSPS) is 38.3. The van der Waals surface area contributed by atoms with Gasteiger partial charge in [0.05, 0.1) is 0 Å². The summed E-state index contributed by atoms with van der Waals surface area (Å²) in [6, 6.07) is 0.906. The summed E-state index contributed by atoms with van der Waals surface area (Å²) >= 11 is 0. The minimum atomic E-state index is 0.906. The number of nitrogens with one attached hydrogen (secondary N) is 1. The lowest BCUT2D eigenvalue weighted by atomic mass is 9.70. The van der Waals surface area contributed by atoms with Crippen molar-refractivity contribution in [2.24, 2.45) is 23.7 Å². The molecule has 1 N–H and O–H groups in total. The molecule has 0 spiro atoms. The third kappa shape index (κ3) is 3.24. The first-order valence-electron chi connectivity index (χ1n) is 8.10. The van der Waals surface area contributed by atoms with Gasteiger partial charge < -0.3 is 5.32 Å². The molecule has 0 aliphatic heterocycles. The monoisotopic (exact) mass is 235 g/mol. The zero-order valence-corrected chi connectivity index (χ0v) is 11.5. The lowest BCUT2D eigenvalue weighted by molar-refractivity contribution is 0.149. The Morgan fingerprint density at radius 2 is 1.82 bits per heavy atom. The van der Waals surface area contributed by atoms with Crippen LogP contribution in [0, 0.1) is 23.7 Å². The molecule has 0 radical (unpaired) electrons. The quantitative estimate of drug-likeness (QED) is 0.734. The lowest BCUT2D eigenvalue weighted by Gasteiger charge is -2.37. The fourth-order valence-corrected chi connectivity index (χ4v) is 3.99. The molecule has 3 atom stereocenters. The van der Waals surface area contributed by atoms with Gasteiger partial charge in [-0.1, -0.05) is 26.2 Å². The van der Waals surface area contributed by atoms with Crippen molar-refractivity contribution in [1.82, 2.24) is 5.32 Å². The van der Waals surface area contributed by atoms with Crippen LogP contribution in [0.2, 0.25) is 0 Å². The molecule has 0 heterocycles. The van der Waals surface area contributed by atoms with E-state index in [1.54, 1.807) is 19.3 Å². The first kappa shape index (κ1) is 12.0. The summed E-state index contributed by atoms with van der Waals surface area (Å²) in [7, 11) is 0. The van der Waals surface area contributed by atoms with Gasteiger partial charge in [0.15, 0.2) is 0 Å². The molecule has 3 saturated carbocycles. The summed E-state index contributed by atoms with van der Waals surface area (Å²) in [6.07, 6.45) is 13.5. The molecule has 1 nitrogen and oxygen atoms in total. The Morgan fingerprint density at radius 1 is 1.00 bits per heavy atom. The van der Waals surface area contributed by atoms with Crippen LogP contribution in [0.5, 0.6) is 0 Å². The van der Waals surface area contributed by atoms with Gasteiger partial charge >= 0.3 is 0 Å². The molecular weight excluding hydrogens is 206 g/mol. The van der Waals surface area contributed by atoms with Gasteiger partial charge in [0, 0.05) is 6.04 Å². The third-order valence-corrected chi connectivity index (χ3v) is 5.33. The van der Waals surface area contributed by atoms with Gasteiger partial charge in [-0.05, 0) is 68.7 Å². The number of rotatable bonds is 6. The molecular formula is C16H29N. The Balaban J connectivity index is 1.51. The Bertz CT molecular complexity index is 242. The average Bonchev–Trinajstić information content (AvgIpc) is 3.20. The summed E-state index contributed by atoms with van der Waals surface area (Å²) in [5, 5.41) is 3.79. The fourth-order valence-electron chi connectivity index (χ4n) is 3.99. The van der Waals surface area contributed by atoms with Crippen LogP contribution in [-0.2, 0) is 0 Å². The highest BCUT2D eigenvalue weighted by Gasteiger charge is 2.40. The second-order valence-corrected chi connectivity index (χ2v) is 6.91. The van der Waals surface area contributed by atoms with Crippen LogP contribution in [0.3, 0.4) is 0 Å². The smallest absolute Gasteiger partial charge is 0.00683 e. The highest BCUT2D eigenvalue weighted by Crippen LogP contribution is 2.48. The number of hydrogen-bond acceptors (Lipinski definition) is 1. The van der Waals surface area contributed by atoms with Crippen molar-refractivity contribution < 1.29 is 0 Å². The molecule has 0 amide bonds. The molecule has 3 rings (SSSR count). The van der Waals surface area contributed by atoms with Crippen LogP contribution >= 0.6 is 0 Å². The van der Waals surface area contributed by atoms with E-state index in [4.69, 9.17) is 0 Å². The van der Waals surface area contributed by atoms with Crippen LogP contribution in [0.15, 0.2) is 0 Å².